The van der Waals surface area contributed by atoms with E-state index in [2.05, 4.69) is 9.97 Å². The minimum absolute atomic E-state index is 0.0176. The van der Waals surface area contributed by atoms with Crippen LogP contribution < -0.4 is 4.90 Å². The Bertz CT molecular complexity index is 608. The molecule has 2 aliphatic heterocycles. The normalized spacial score (nSPS) is 18.2. The van der Waals surface area contributed by atoms with Crippen LogP contribution in [0.25, 0.3) is 0 Å². The van der Waals surface area contributed by atoms with Gasteiger partial charge in [0.15, 0.2) is 0 Å². The molecule has 118 valence electrons. The van der Waals surface area contributed by atoms with Gasteiger partial charge in [0.1, 0.15) is 5.69 Å². The number of fused-ring (bicyclic) bond motifs is 1. The lowest BCUT2D eigenvalue weighted by Crippen LogP contribution is -2.48. The summed E-state index contributed by atoms with van der Waals surface area (Å²) in [6, 6.07) is 0.157. The first kappa shape index (κ1) is 14.7. The second-order valence-electron chi connectivity index (χ2n) is 6.06. The van der Waals surface area contributed by atoms with Gasteiger partial charge in [0, 0.05) is 50.9 Å². The van der Waals surface area contributed by atoms with Crippen molar-refractivity contribution in [1.29, 1.82) is 0 Å². The number of aromatic nitrogens is 2. The molecule has 0 unspecified atom stereocenters. The highest BCUT2D eigenvalue weighted by atomic mass is 16.2. The van der Waals surface area contributed by atoms with Crippen molar-refractivity contribution < 1.29 is 9.59 Å². The second kappa shape index (κ2) is 5.55. The van der Waals surface area contributed by atoms with Crippen LogP contribution in [0.15, 0.2) is 6.20 Å². The van der Waals surface area contributed by atoms with Crippen LogP contribution in [0.4, 0.5) is 5.95 Å². The molecule has 3 rings (SSSR count). The van der Waals surface area contributed by atoms with Gasteiger partial charge in [-0.25, -0.2) is 9.97 Å². The van der Waals surface area contributed by atoms with E-state index in [1.54, 1.807) is 18.0 Å². The fourth-order valence-corrected chi connectivity index (χ4v) is 2.88. The number of piperazine rings is 1. The molecule has 0 radical (unpaired) electrons. The van der Waals surface area contributed by atoms with Gasteiger partial charge >= 0.3 is 0 Å². The molecule has 0 N–H and O–H groups in total. The zero-order valence-corrected chi connectivity index (χ0v) is 13.2. The minimum atomic E-state index is -0.0176. The molecule has 1 aromatic heterocycles. The van der Waals surface area contributed by atoms with Gasteiger partial charge in [0.2, 0.25) is 11.9 Å². The Balaban J connectivity index is 1.76. The first-order valence-electron chi connectivity index (χ1n) is 7.64. The number of rotatable bonds is 2. The van der Waals surface area contributed by atoms with Crippen molar-refractivity contribution in [2.45, 2.75) is 33.4 Å². The third-order valence-corrected chi connectivity index (χ3v) is 4.29. The highest BCUT2D eigenvalue weighted by molar-refractivity contribution is 5.96. The molecule has 22 heavy (non-hydrogen) atoms. The average molecular weight is 303 g/mol. The summed E-state index contributed by atoms with van der Waals surface area (Å²) in [6.07, 6.45) is 1.76. The highest BCUT2D eigenvalue weighted by Gasteiger charge is 2.32. The maximum absolute atomic E-state index is 12.4. The van der Waals surface area contributed by atoms with Crippen LogP contribution in [-0.2, 0) is 11.3 Å². The van der Waals surface area contributed by atoms with Crippen molar-refractivity contribution in [3.8, 4) is 0 Å². The van der Waals surface area contributed by atoms with Crippen molar-refractivity contribution in [1.82, 2.24) is 19.8 Å². The van der Waals surface area contributed by atoms with E-state index >= 15 is 0 Å². The molecule has 0 aromatic carbocycles. The molecule has 1 saturated heterocycles. The maximum Gasteiger partial charge on any atom is 0.273 e. The second-order valence-corrected chi connectivity index (χ2v) is 6.06. The van der Waals surface area contributed by atoms with E-state index in [0.717, 1.165) is 5.56 Å². The first-order valence-corrected chi connectivity index (χ1v) is 7.64. The summed E-state index contributed by atoms with van der Waals surface area (Å²) in [4.78, 5) is 38.3. The average Bonchev–Trinajstić information content (AvgIpc) is 2.84. The largest absolute Gasteiger partial charge is 0.339 e. The molecule has 3 heterocycles. The lowest BCUT2D eigenvalue weighted by molar-refractivity contribution is -0.129. The Morgan fingerprint density at radius 1 is 1.23 bits per heavy atom. The van der Waals surface area contributed by atoms with Gasteiger partial charge < -0.3 is 14.7 Å². The lowest BCUT2D eigenvalue weighted by Gasteiger charge is -2.34. The Kier molecular flexibility index (Phi) is 3.72. The number of hydrogen-bond donors (Lipinski definition) is 0. The van der Waals surface area contributed by atoms with Crippen molar-refractivity contribution >= 4 is 17.8 Å². The zero-order chi connectivity index (χ0) is 15.9. The minimum Gasteiger partial charge on any atom is -0.339 e. The van der Waals surface area contributed by atoms with Crippen molar-refractivity contribution in [3.05, 3.63) is 17.5 Å². The number of hydrogen-bond acceptors (Lipinski definition) is 5. The summed E-state index contributed by atoms with van der Waals surface area (Å²) < 4.78 is 0. The standard InChI is InChI=1S/C15H21N5O2/c1-10(2)20-9-12-8-16-15(17-13(12)14(20)22)19-6-4-18(5-7-19)11(3)21/h8,10H,4-7,9H2,1-3H3. The van der Waals surface area contributed by atoms with Crippen LogP contribution in [-0.4, -0.2) is 63.8 Å². The number of anilines is 1. The molecule has 0 saturated carbocycles. The van der Waals surface area contributed by atoms with E-state index in [4.69, 9.17) is 0 Å². The van der Waals surface area contributed by atoms with Crippen LogP contribution in [0.1, 0.15) is 36.8 Å². The van der Waals surface area contributed by atoms with Crippen LogP contribution in [0.3, 0.4) is 0 Å². The molecule has 0 atom stereocenters. The predicted molar refractivity (Wildman–Crippen MR) is 81.5 cm³/mol. The fourth-order valence-electron chi connectivity index (χ4n) is 2.88. The zero-order valence-electron chi connectivity index (χ0n) is 13.2. The number of carbonyl (C=O) groups excluding carboxylic acids is 2. The SMILES string of the molecule is CC(=O)N1CCN(c2ncc3c(n2)C(=O)N(C(C)C)C3)CC1. The van der Waals surface area contributed by atoms with E-state index in [1.807, 2.05) is 23.6 Å². The number of amides is 2. The monoisotopic (exact) mass is 303 g/mol. The summed E-state index contributed by atoms with van der Waals surface area (Å²) in [5.74, 6) is 0.661. The van der Waals surface area contributed by atoms with E-state index in [1.165, 1.54) is 0 Å². The molecular weight excluding hydrogens is 282 g/mol. The lowest BCUT2D eigenvalue weighted by atomic mass is 10.3. The number of carbonyl (C=O) groups is 2. The Hall–Kier alpha value is -2.18. The first-order chi connectivity index (χ1) is 10.5. The molecule has 1 fully saturated rings. The van der Waals surface area contributed by atoms with Crippen LogP contribution in [0.2, 0.25) is 0 Å². The van der Waals surface area contributed by atoms with Gasteiger partial charge in [-0.15, -0.1) is 0 Å². The topological polar surface area (TPSA) is 69.6 Å². The van der Waals surface area contributed by atoms with Gasteiger partial charge in [-0.1, -0.05) is 0 Å². The molecule has 2 aliphatic rings. The highest BCUT2D eigenvalue weighted by Crippen LogP contribution is 2.24. The van der Waals surface area contributed by atoms with Gasteiger partial charge in [-0.05, 0) is 13.8 Å². The van der Waals surface area contributed by atoms with E-state index in [9.17, 15) is 9.59 Å². The molecule has 0 spiro atoms. The van der Waals surface area contributed by atoms with Gasteiger partial charge in [-0.3, -0.25) is 9.59 Å². The maximum atomic E-state index is 12.4. The van der Waals surface area contributed by atoms with Crippen molar-refractivity contribution in [2.75, 3.05) is 31.1 Å². The summed E-state index contributed by atoms with van der Waals surface area (Å²) in [5, 5.41) is 0. The van der Waals surface area contributed by atoms with Gasteiger partial charge in [-0.2, -0.15) is 0 Å². The van der Waals surface area contributed by atoms with E-state index in [-0.39, 0.29) is 17.9 Å². The Morgan fingerprint density at radius 2 is 1.91 bits per heavy atom. The fraction of sp³-hybridized carbons (Fsp3) is 0.600. The summed E-state index contributed by atoms with van der Waals surface area (Å²) in [6.45, 7) is 8.90. The smallest absolute Gasteiger partial charge is 0.273 e. The third kappa shape index (κ3) is 2.51. The Labute approximate surface area is 129 Å². The van der Waals surface area contributed by atoms with E-state index < -0.39 is 0 Å². The van der Waals surface area contributed by atoms with Gasteiger partial charge in [0.25, 0.3) is 5.91 Å². The van der Waals surface area contributed by atoms with E-state index in [0.29, 0.717) is 44.4 Å². The van der Waals surface area contributed by atoms with Crippen molar-refractivity contribution in [2.24, 2.45) is 0 Å². The summed E-state index contributed by atoms with van der Waals surface area (Å²) in [7, 11) is 0. The molecule has 7 nitrogen and oxygen atoms in total. The molecule has 0 bridgehead atoms. The van der Waals surface area contributed by atoms with Gasteiger partial charge in [0.05, 0.1) is 6.54 Å². The van der Waals surface area contributed by atoms with Crippen LogP contribution in [0, 0.1) is 0 Å². The number of nitrogens with zero attached hydrogens (tertiary/aromatic N) is 5. The predicted octanol–water partition coefficient (Wildman–Crippen LogP) is 0.509. The quantitative estimate of drug-likeness (QED) is 0.796. The molecule has 0 aliphatic carbocycles. The molecule has 7 heteroatoms. The summed E-state index contributed by atoms with van der Waals surface area (Å²) in [5.41, 5.74) is 1.41. The van der Waals surface area contributed by atoms with Crippen LogP contribution >= 0.6 is 0 Å². The van der Waals surface area contributed by atoms with Crippen LogP contribution in [0.5, 0.6) is 0 Å². The Morgan fingerprint density at radius 3 is 2.50 bits per heavy atom. The molecular formula is C15H21N5O2. The van der Waals surface area contributed by atoms with Crippen molar-refractivity contribution in [3.63, 3.8) is 0 Å². The summed E-state index contributed by atoms with van der Waals surface area (Å²) >= 11 is 0. The molecule has 2 amide bonds. The molecule has 1 aromatic rings. The third-order valence-electron chi connectivity index (χ3n) is 4.29.